The molecule has 7 heteroatoms. The Kier molecular flexibility index (Phi) is 9.49. The van der Waals surface area contributed by atoms with Gasteiger partial charge in [-0.2, -0.15) is 0 Å². The van der Waals surface area contributed by atoms with Crippen LogP contribution in [0.4, 0.5) is 5.69 Å². The van der Waals surface area contributed by atoms with Gasteiger partial charge in [0.15, 0.2) is 6.10 Å². The Morgan fingerprint density at radius 2 is 1.54 bits per heavy atom. The van der Waals surface area contributed by atoms with Crippen LogP contribution in [0.1, 0.15) is 41.3 Å². The molecule has 2 unspecified atom stereocenters. The molecule has 0 spiro atoms. The minimum atomic E-state index is -0.951. The number of anilines is 1. The van der Waals surface area contributed by atoms with E-state index >= 15 is 0 Å². The van der Waals surface area contributed by atoms with Crippen molar-refractivity contribution >= 4 is 35.2 Å². The van der Waals surface area contributed by atoms with Gasteiger partial charge in [-0.15, -0.1) is 11.8 Å². The SMILES string of the molecule is Cc1ccc(NC(=O)CSc2ccccc2C(=O)OC(C)C(=O)NCC(C)c2ccccc2)cc1. The van der Waals surface area contributed by atoms with E-state index < -0.39 is 12.1 Å². The summed E-state index contributed by atoms with van der Waals surface area (Å²) in [7, 11) is 0. The molecule has 35 heavy (non-hydrogen) atoms. The lowest BCUT2D eigenvalue weighted by Crippen LogP contribution is -2.37. The van der Waals surface area contributed by atoms with Crippen LogP contribution in [0, 0.1) is 6.92 Å². The predicted molar refractivity (Wildman–Crippen MR) is 140 cm³/mol. The van der Waals surface area contributed by atoms with Gasteiger partial charge in [-0.3, -0.25) is 9.59 Å². The van der Waals surface area contributed by atoms with Gasteiger partial charge in [-0.25, -0.2) is 4.79 Å². The van der Waals surface area contributed by atoms with E-state index in [2.05, 4.69) is 10.6 Å². The van der Waals surface area contributed by atoms with Crippen molar-refractivity contribution in [3.05, 3.63) is 95.6 Å². The molecule has 0 aromatic heterocycles. The number of nitrogens with one attached hydrogen (secondary N) is 2. The molecule has 0 radical (unpaired) electrons. The number of ether oxygens (including phenoxy) is 1. The van der Waals surface area contributed by atoms with Crippen molar-refractivity contribution in [2.24, 2.45) is 0 Å². The maximum absolute atomic E-state index is 12.8. The highest BCUT2D eigenvalue weighted by molar-refractivity contribution is 8.00. The lowest BCUT2D eigenvalue weighted by Gasteiger charge is -2.17. The molecule has 3 rings (SSSR count). The molecule has 0 fully saturated rings. The van der Waals surface area contributed by atoms with Crippen molar-refractivity contribution in [1.82, 2.24) is 5.32 Å². The number of esters is 1. The standard InChI is InChI=1S/C28H30N2O4S/c1-19-13-15-23(16-14-19)30-26(31)18-35-25-12-8-7-11-24(25)28(33)34-21(3)27(32)29-17-20(2)22-9-5-4-6-10-22/h4-16,20-21H,17-18H2,1-3H3,(H,29,32)(H,30,31). The third kappa shape index (κ3) is 8.00. The highest BCUT2D eigenvalue weighted by Crippen LogP contribution is 2.24. The Morgan fingerprint density at radius 3 is 2.26 bits per heavy atom. The van der Waals surface area contributed by atoms with E-state index in [1.807, 2.05) is 68.4 Å². The van der Waals surface area contributed by atoms with Crippen molar-refractivity contribution in [2.45, 2.75) is 37.7 Å². The Labute approximate surface area is 210 Å². The molecule has 0 saturated carbocycles. The molecule has 2 atom stereocenters. The Bertz CT molecular complexity index is 1150. The fourth-order valence-electron chi connectivity index (χ4n) is 3.31. The molecule has 6 nitrogen and oxygen atoms in total. The van der Waals surface area contributed by atoms with Gasteiger partial charge in [-0.1, -0.05) is 67.1 Å². The van der Waals surface area contributed by atoms with Gasteiger partial charge in [0.25, 0.3) is 5.91 Å². The number of aryl methyl sites for hydroxylation is 1. The van der Waals surface area contributed by atoms with Crippen LogP contribution in [-0.2, 0) is 14.3 Å². The summed E-state index contributed by atoms with van der Waals surface area (Å²) < 4.78 is 5.43. The Hall–Kier alpha value is -3.58. The van der Waals surface area contributed by atoms with Crippen molar-refractivity contribution in [3.8, 4) is 0 Å². The first-order valence-electron chi connectivity index (χ1n) is 11.5. The second kappa shape index (κ2) is 12.8. The molecule has 0 aliphatic rings. The van der Waals surface area contributed by atoms with Crippen LogP contribution in [0.3, 0.4) is 0 Å². The highest BCUT2D eigenvalue weighted by atomic mass is 32.2. The largest absolute Gasteiger partial charge is 0.449 e. The maximum Gasteiger partial charge on any atom is 0.340 e. The van der Waals surface area contributed by atoms with Gasteiger partial charge in [0.05, 0.1) is 11.3 Å². The van der Waals surface area contributed by atoms with Crippen LogP contribution in [0.2, 0.25) is 0 Å². The fraction of sp³-hybridized carbons (Fsp3) is 0.250. The van der Waals surface area contributed by atoms with Crippen molar-refractivity contribution in [3.63, 3.8) is 0 Å². The molecule has 2 N–H and O–H groups in total. The zero-order chi connectivity index (χ0) is 25.2. The van der Waals surface area contributed by atoms with Crippen molar-refractivity contribution in [2.75, 3.05) is 17.6 Å². The first-order chi connectivity index (χ1) is 16.8. The van der Waals surface area contributed by atoms with Gasteiger partial charge in [0.1, 0.15) is 0 Å². The van der Waals surface area contributed by atoms with Gasteiger partial charge < -0.3 is 15.4 Å². The number of amides is 2. The van der Waals surface area contributed by atoms with E-state index in [-0.39, 0.29) is 23.5 Å². The number of thioether (sulfide) groups is 1. The zero-order valence-corrected chi connectivity index (χ0v) is 20.9. The van der Waals surface area contributed by atoms with E-state index in [0.717, 1.165) is 16.8 Å². The molecule has 0 bridgehead atoms. The molecule has 0 aliphatic heterocycles. The summed E-state index contributed by atoms with van der Waals surface area (Å²) in [6.07, 6.45) is -0.951. The average Bonchev–Trinajstić information content (AvgIpc) is 2.87. The fourth-order valence-corrected chi connectivity index (χ4v) is 4.15. The smallest absolute Gasteiger partial charge is 0.340 e. The third-order valence-electron chi connectivity index (χ3n) is 5.41. The van der Waals surface area contributed by atoms with Crippen LogP contribution < -0.4 is 10.6 Å². The Balaban J connectivity index is 1.52. The monoisotopic (exact) mass is 490 g/mol. The van der Waals surface area contributed by atoms with Gasteiger partial charge >= 0.3 is 5.97 Å². The molecular weight excluding hydrogens is 460 g/mol. The second-order valence-corrected chi connectivity index (χ2v) is 9.32. The Morgan fingerprint density at radius 1 is 0.886 bits per heavy atom. The van der Waals surface area contributed by atoms with Crippen LogP contribution >= 0.6 is 11.8 Å². The quantitative estimate of drug-likeness (QED) is 0.302. The first-order valence-corrected chi connectivity index (χ1v) is 12.4. The number of rotatable bonds is 10. The average molecular weight is 491 g/mol. The minimum absolute atomic E-state index is 0.131. The number of hydrogen-bond acceptors (Lipinski definition) is 5. The third-order valence-corrected chi connectivity index (χ3v) is 6.48. The molecule has 0 aliphatic carbocycles. The first kappa shape index (κ1) is 26.0. The van der Waals surface area contributed by atoms with E-state index in [9.17, 15) is 14.4 Å². The van der Waals surface area contributed by atoms with Crippen LogP contribution in [-0.4, -0.2) is 36.2 Å². The van der Waals surface area contributed by atoms with Gasteiger partial charge in [0.2, 0.25) is 5.91 Å². The summed E-state index contributed by atoms with van der Waals surface area (Å²) in [6, 6.07) is 24.3. The predicted octanol–water partition coefficient (Wildman–Crippen LogP) is 5.19. The van der Waals surface area contributed by atoms with E-state index in [1.165, 1.54) is 11.8 Å². The second-order valence-electron chi connectivity index (χ2n) is 8.30. The molecule has 2 amide bonds. The molecule has 0 heterocycles. The normalized spacial score (nSPS) is 12.3. The summed E-state index contributed by atoms with van der Waals surface area (Å²) in [5.74, 6) is -0.880. The summed E-state index contributed by atoms with van der Waals surface area (Å²) in [6.45, 7) is 5.99. The number of hydrogen-bond donors (Lipinski definition) is 2. The van der Waals surface area contributed by atoms with Crippen LogP contribution in [0.15, 0.2) is 83.8 Å². The molecule has 182 valence electrons. The minimum Gasteiger partial charge on any atom is -0.449 e. The summed E-state index contributed by atoms with van der Waals surface area (Å²) >= 11 is 1.24. The highest BCUT2D eigenvalue weighted by Gasteiger charge is 2.21. The van der Waals surface area contributed by atoms with E-state index in [0.29, 0.717) is 17.0 Å². The van der Waals surface area contributed by atoms with Crippen LogP contribution in [0.5, 0.6) is 0 Å². The molecule has 0 saturated heterocycles. The topological polar surface area (TPSA) is 84.5 Å². The summed E-state index contributed by atoms with van der Waals surface area (Å²) in [4.78, 5) is 38.2. The zero-order valence-electron chi connectivity index (χ0n) is 20.1. The summed E-state index contributed by atoms with van der Waals surface area (Å²) in [5, 5.41) is 5.69. The molecular formula is C28H30N2O4S. The van der Waals surface area contributed by atoms with Gasteiger partial charge in [-0.05, 0) is 49.6 Å². The number of benzene rings is 3. The van der Waals surface area contributed by atoms with Crippen molar-refractivity contribution < 1.29 is 19.1 Å². The van der Waals surface area contributed by atoms with Crippen molar-refractivity contribution in [1.29, 1.82) is 0 Å². The lowest BCUT2D eigenvalue weighted by molar-refractivity contribution is -0.129. The molecule has 3 aromatic rings. The number of carbonyl (C=O) groups excluding carboxylic acids is 3. The number of carbonyl (C=O) groups is 3. The van der Waals surface area contributed by atoms with E-state index in [4.69, 9.17) is 4.74 Å². The van der Waals surface area contributed by atoms with Crippen LogP contribution in [0.25, 0.3) is 0 Å². The summed E-state index contributed by atoms with van der Waals surface area (Å²) in [5.41, 5.74) is 3.27. The lowest BCUT2D eigenvalue weighted by atomic mass is 10.0. The maximum atomic E-state index is 12.8. The van der Waals surface area contributed by atoms with E-state index in [1.54, 1.807) is 31.2 Å². The molecule has 3 aromatic carbocycles. The van der Waals surface area contributed by atoms with Gasteiger partial charge in [0, 0.05) is 17.1 Å².